The molecule has 0 spiro atoms. The van der Waals surface area contributed by atoms with Gasteiger partial charge in [-0.25, -0.2) is 13.1 Å². The van der Waals surface area contributed by atoms with Crippen molar-refractivity contribution in [3.8, 4) is 0 Å². The average molecular weight is 427 g/mol. The van der Waals surface area contributed by atoms with E-state index >= 15 is 0 Å². The number of rotatable bonds is 4. The molecule has 1 saturated heterocycles. The Bertz CT molecular complexity index is 857. The Morgan fingerprint density at radius 2 is 2.00 bits per heavy atom. The molecule has 0 radical (unpaired) electrons. The van der Waals surface area contributed by atoms with Crippen LogP contribution in [-0.4, -0.2) is 38.4 Å². The maximum atomic E-state index is 12.5. The number of carbonyl (C=O) groups is 1. The van der Waals surface area contributed by atoms with Crippen LogP contribution in [0.5, 0.6) is 0 Å². The largest absolute Gasteiger partial charge is 0.472 e. The van der Waals surface area contributed by atoms with E-state index in [2.05, 4.69) is 20.7 Å². The zero-order chi connectivity index (χ0) is 18.0. The molecule has 0 atom stereocenters. The van der Waals surface area contributed by atoms with Crippen molar-refractivity contribution in [1.29, 1.82) is 0 Å². The number of hydrogen-bond donors (Lipinski definition) is 1. The van der Waals surface area contributed by atoms with Crippen molar-refractivity contribution < 1.29 is 17.6 Å². The molecule has 8 heteroatoms. The van der Waals surface area contributed by atoms with Crippen molar-refractivity contribution in [3.05, 3.63) is 52.4 Å². The molecule has 1 aliphatic rings. The van der Waals surface area contributed by atoms with Crippen molar-refractivity contribution in [2.45, 2.75) is 30.7 Å². The number of hydrogen-bond acceptors (Lipinski definition) is 4. The number of aryl methyl sites for hydroxylation is 1. The van der Waals surface area contributed by atoms with Crippen molar-refractivity contribution in [3.63, 3.8) is 0 Å². The Hall–Kier alpha value is -1.64. The maximum Gasteiger partial charge on any atom is 0.257 e. The molecule has 0 unspecified atom stereocenters. The smallest absolute Gasteiger partial charge is 0.257 e. The Morgan fingerprint density at radius 1 is 1.28 bits per heavy atom. The van der Waals surface area contributed by atoms with Gasteiger partial charge in [0.2, 0.25) is 10.0 Å². The number of nitrogens with zero attached hydrogens (tertiary/aromatic N) is 1. The third kappa shape index (κ3) is 4.13. The minimum Gasteiger partial charge on any atom is -0.472 e. The lowest BCUT2D eigenvalue weighted by Crippen LogP contribution is -2.46. The fourth-order valence-electron chi connectivity index (χ4n) is 2.84. The van der Waals surface area contributed by atoms with Gasteiger partial charge < -0.3 is 9.32 Å². The van der Waals surface area contributed by atoms with Gasteiger partial charge in [0.1, 0.15) is 6.26 Å². The standard InChI is InChI=1S/C17H19BrN2O4S/c1-12-10-15(2-3-16(12)18)25(22,23)19-14-4-7-20(8-5-14)17(21)13-6-9-24-11-13/h2-3,6,9-11,14,19H,4-5,7-8H2,1H3. The van der Waals surface area contributed by atoms with Gasteiger partial charge in [-0.2, -0.15) is 0 Å². The van der Waals surface area contributed by atoms with Gasteiger partial charge in [0.05, 0.1) is 16.7 Å². The second-order valence-corrected chi connectivity index (χ2v) is 8.68. The first-order valence-corrected chi connectivity index (χ1v) is 10.2. The Labute approximate surface area is 155 Å². The fraction of sp³-hybridized carbons (Fsp3) is 0.353. The van der Waals surface area contributed by atoms with Crippen molar-refractivity contribution >= 4 is 31.9 Å². The lowest BCUT2D eigenvalue weighted by Gasteiger charge is -2.32. The van der Waals surface area contributed by atoms with Crippen LogP contribution in [0.1, 0.15) is 28.8 Å². The summed E-state index contributed by atoms with van der Waals surface area (Å²) in [5, 5.41) is 0. The number of halogens is 1. The van der Waals surface area contributed by atoms with Gasteiger partial charge in [0.25, 0.3) is 5.91 Å². The Kier molecular flexibility index (Phi) is 5.31. The minimum atomic E-state index is -3.57. The van der Waals surface area contributed by atoms with Gasteiger partial charge in [0.15, 0.2) is 0 Å². The number of sulfonamides is 1. The molecule has 2 heterocycles. The molecule has 2 aromatic rings. The van der Waals surface area contributed by atoms with Crippen LogP contribution in [-0.2, 0) is 10.0 Å². The van der Waals surface area contributed by atoms with E-state index in [0.29, 0.717) is 31.5 Å². The summed E-state index contributed by atoms with van der Waals surface area (Å²) in [6, 6.07) is 6.41. The summed E-state index contributed by atoms with van der Waals surface area (Å²) in [7, 11) is -3.57. The molecule has 0 aliphatic carbocycles. The van der Waals surface area contributed by atoms with Crippen molar-refractivity contribution in [1.82, 2.24) is 9.62 Å². The second kappa shape index (κ2) is 7.31. The van der Waals surface area contributed by atoms with E-state index in [9.17, 15) is 13.2 Å². The number of likely N-dealkylation sites (tertiary alicyclic amines) is 1. The second-order valence-electron chi connectivity index (χ2n) is 6.11. The minimum absolute atomic E-state index is 0.0846. The molecule has 1 aromatic carbocycles. The summed E-state index contributed by atoms with van der Waals surface area (Å²) < 4.78 is 33.7. The SMILES string of the molecule is Cc1cc(S(=O)(=O)NC2CCN(C(=O)c3ccoc3)CC2)ccc1Br. The zero-order valence-corrected chi connectivity index (χ0v) is 16.1. The summed E-state index contributed by atoms with van der Waals surface area (Å²) >= 11 is 3.37. The third-order valence-corrected chi connectivity index (χ3v) is 6.72. The topological polar surface area (TPSA) is 79.6 Å². The first kappa shape index (κ1) is 18.2. The lowest BCUT2D eigenvalue weighted by molar-refractivity contribution is 0.0710. The molecular formula is C17H19BrN2O4S. The first-order valence-electron chi connectivity index (χ1n) is 7.97. The molecule has 0 bridgehead atoms. The first-order chi connectivity index (χ1) is 11.9. The van der Waals surface area contributed by atoms with Gasteiger partial charge in [-0.15, -0.1) is 0 Å². The Morgan fingerprint density at radius 3 is 2.60 bits per heavy atom. The number of benzene rings is 1. The van der Waals surface area contributed by atoms with Gasteiger partial charge >= 0.3 is 0 Å². The highest BCUT2D eigenvalue weighted by Gasteiger charge is 2.27. The van der Waals surface area contributed by atoms with Crippen molar-refractivity contribution in [2.24, 2.45) is 0 Å². The summed E-state index contributed by atoms with van der Waals surface area (Å²) in [6.07, 6.45) is 4.05. The summed E-state index contributed by atoms with van der Waals surface area (Å²) in [5.41, 5.74) is 1.38. The Balaban J connectivity index is 1.61. The van der Waals surface area contributed by atoms with Gasteiger partial charge in [-0.3, -0.25) is 4.79 Å². The highest BCUT2D eigenvalue weighted by Crippen LogP contribution is 2.21. The monoisotopic (exact) mass is 426 g/mol. The van der Waals surface area contributed by atoms with Crippen LogP contribution in [0.4, 0.5) is 0 Å². The quantitative estimate of drug-likeness (QED) is 0.814. The van der Waals surface area contributed by atoms with Crippen LogP contribution in [0.15, 0.2) is 50.6 Å². The van der Waals surface area contributed by atoms with E-state index < -0.39 is 10.0 Å². The molecular weight excluding hydrogens is 408 g/mol. The number of nitrogens with one attached hydrogen (secondary N) is 1. The highest BCUT2D eigenvalue weighted by atomic mass is 79.9. The van der Waals surface area contributed by atoms with Crippen LogP contribution in [0.25, 0.3) is 0 Å². The van der Waals surface area contributed by atoms with Crippen LogP contribution in [0, 0.1) is 6.92 Å². The number of amides is 1. The number of piperidine rings is 1. The summed E-state index contributed by atoms with van der Waals surface area (Å²) in [4.78, 5) is 14.2. The van der Waals surface area contributed by atoms with Gasteiger partial charge in [-0.1, -0.05) is 15.9 Å². The van der Waals surface area contributed by atoms with E-state index in [4.69, 9.17) is 4.42 Å². The molecule has 1 aliphatic heterocycles. The number of carbonyl (C=O) groups excluding carboxylic acids is 1. The molecule has 3 rings (SSSR count). The normalized spacial score (nSPS) is 16.2. The molecule has 1 amide bonds. The van der Waals surface area contributed by atoms with E-state index in [1.54, 1.807) is 29.2 Å². The van der Waals surface area contributed by atoms with Crippen LogP contribution >= 0.6 is 15.9 Å². The lowest BCUT2D eigenvalue weighted by atomic mass is 10.1. The zero-order valence-electron chi connectivity index (χ0n) is 13.7. The van der Waals surface area contributed by atoms with E-state index in [-0.39, 0.29) is 16.8 Å². The predicted molar refractivity (Wildman–Crippen MR) is 96.8 cm³/mol. The summed E-state index contributed by atoms with van der Waals surface area (Å²) in [5.74, 6) is -0.0846. The average Bonchev–Trinajstić information content (AvgIpc) is 3.11. The molecule has 1 aromatic heterocycles. The molecule has 0 saturated carbocycles. The predicted octanol–water partition coefficient (Wildman–Crippen LogP) is 2.93. The summed E-state index contributed by atoms with van der Waals surface area (Å²) in [6.45, 7) is 2.87. The van der Waals surface area contributed by atoms with E-state index in [1.807, 2.05) is 6.92 Å². The van der Waals surface area contributed by atoms with Gasteiger partial charge in [-0.05, 0) is 49.6 Å². The molecule has 6 nitrogen and oxygen atoms in total. The van der Waals surface area contributed by atoms with Gasteiger partial charge in [0, 0.05) is 23.6 Å². The van der Waals surface area contributed by atoms with E-state index in [0.717, 1.165) is 10.0 Å². The van der Waals surface area contributed by atoms with E-state index in [1.165, 1.54) is 12.5 Å². The molecule has 25 heavy (non-hydrogen) atoms. The highest BCUT2D eigenvalue weighted by molar-refractivity contribution is 9.10. The third-order valence-electron chi connectivity index (χ3n) is 4.31. The maximum absolute atomic E-state index is 12.5. The fourth-order valence-corrected chi connectivity index (χ4v) is 4.48. The van der Waals surface area contributed by atoms with Crippen molar-refractivity contribution in [2.75, 3.05) is 13.1 Å². The molecule has 134 valence electrons. The van der Waals surface area contributed by atoms with Crippen LogP contribution in [0.2, 0.25) is 0 Å². The molecule has 1 N–H and O–H groups in total. The molecule has 1 fully saturated rings. The number of furan rings is 1. The van der Waals surface area contributed by atoms with Crippen LogP contribution < -0.4 is 4.72 Å². The van der Waals surface area contributed by atoms with Crippen LogP contribution in [0.3, 0.4) is 0 Å².